The van der Waals surface area contributed by atoms with E-state index in [-0.39, 0.29) is 6.04 Å². The highest BCUT2D eigenvalue weighted by atomic mass is 16.5. The Kier molecular flexibility index (Phi) is 3.98. The second kappa shape index (κ2) is 5.90. The van der Waals surface area contributed by atoms with Gasteiger partial charge in [-0.25, -0.2) is 0 Å². The van der Waals surface area contributed by atoms with Crippen molar-refractivity contribution in [3.8, 4) is 5.75 Å². The Morgan fingerprint density at radius 3 is 2.57 bits per heavy atom. The van der Waals surface area contributed by atoms with Crippen LogP contribution < -0.4 is 10.1 Å². The molecule has 3 rings (SSSR count). The number of nitrogens with one attached hydrogen (secondary N) is 1. The van der Waals surface area contributed by atoms with Gasteiger partial charge < -0.3 is 10.1 Å². The SMILES string of the molecule is CCC1Cc2ccc(C)cc2C(c2ccc(OC)cc2)N1. The van der Waals surface area contributed by atoms with E-state index in [4.69, 9.17) is 4.74 Å². The van der Waals surface area contributed by atoms with E-state index in [0.717, 1.165) is 18.6 Å². The molecule has 0 spiro atoms. The molecule has 1 aliphatic rings. The number of methoxy groups -OCH3 is 1. The van der Waals surface area contributed by atoms with E-state index in [1.807, 2.05) is 12.1 Å². The van der Waals surface area contributed by atoms with E-state index in [1.165, 1.54) is 22.3 Å². The van der Waals surface area contributed by atoms with Crippen LogP contribution in [0.25, 0.3) is 0 Å². The first kappa shape index (κ1) is 14.2. The summed E-state index contributed by atoms with van der Waals surface area (Å²) in [5.74, 6) is 0.908. The van der Waals surface area contributed by atoms with Gasteiger partial charge in [-0.3, -0.25) is 0 Å². The van der Waals surface area contributed by atoms with Crippen LogP contribution in [0, 0.1) is 6.92 Å². The molecule has 0 aliphatic carbocycles. The molecule has 0 saturated carbocycles. The maximum absolute atomic E-state index is 5.27. The molecule has 2 heteroatoms. The number of hydrogen-bond donors (Lipinski definition) is 1. The number of rotatable bonds is 3. The molecule has 2 aromatic carbocycles. The Labute approximate surface area is 127 Å². The molecule has 0 amide bonds. The predicted molar refractivity (Wildman–Crippen MR) is 86.9 cm³/mol. The largest absolute Gasteiger partial charge is 0.497 e. The number of hydrogen-bond acceptors (Lipinski definition) is 2. The Bertz CT molecular complexity index is 618. The summed E-state index contributed by atoms with van der Waals surface area (Å²) in [7, 11) is 1.71. The van der Waals surface area contributed by atoms with Crippen molar-refractivity contribution in [2.75, 3.05) is 7.11 Å². The molecular formula is C19H23NO. The van der Waals surface area contributed by atoms with Crippen molar-refractivity contribution in [3.63, 3.8) is 0 Å². The molecule has 0 fully saturated rings. The van der Waals surface area contributed by atoms with E-state index in [9.17, 15) is 0 Å². The minimum Gasteiger partial charge on any atom is -0.497 e. The van der Waals surface area contributed by atoms with Crippen molar-refractivity contribution in [1.82, 2.24) is 5.32 Å². The zero-order valence-electron chi connectivity index (χ0n) is 13.0. The summed E-state index contributed by atoms with van der Waals surface area (Å²) in [4.78, 5) is 0. The minimum absolute atomic E-state index is 0.282. The van der Waals surface area contributed by atoms with Crippen LogP contribution in [-0.4, -0.2) is 13.2 Å². The lowest BCUT2D eigenvalue weighted by atomic mass is 9.85. The van der Waals surface area contributed by atoms with Gasteiger partial charge in [0.25, 0.3) is 0 Å². The van der Waals surface area contributed by atoms with Gasteiger partial charge in [0.15, 0.2) is 0 Å². The lowest BCUT2D eigenvalue weighted by molar-refractivity contribution is 0.412. The first-order valence-electron chi connectivity index (χ1n) is 7.70. The fraction of sp³-hybridized carbons (Fsp3) is 0.368. The van der Waals surface area contributed by atoms with Gasteiger partial charge in [-0.05, 0) is 48.6 Å². The van der Waals surface area contributed by atoms with E-state index in [0.29, 0.717) is 6.04 Å². The summed E-state index contributed by atoms with van der Waals surface area (Å²) in [6, 6.07) is 16.1. The van der Waals surface area contributed by atoms with Crippen LogP contribution >= 0.6 is 0 Å². The fourth-order valence-corrected chi connectivity index (χ4v) is 3.15. The molecule has 0 aromatic heterocycles. The summed E-state index contributed by atoms with van der Waals surface area (Å²) < 4.78 is 5.27. The molecule has 1 N–H and O–H groups in total. The van der Waals surface area contributed by atoms with Crippen LogP contribution in [-0.2, 0) is 6.42 Å². The minimum atomic E-state index is 0.282. The molecule has 2 aromatic rings. The predicted octanol–water partition coefficient (Wildman–Crippen LogP) is 4.02. The Morgan fingerprint density at radius 1 is 1.14 bits per heavy atom. The standard InChI is InChI=1S/C19H23NO/c1-4-16-12-15-6-5-13(2)11-18(15)19(20-16)14-7-9-17(21-3)10-8-14/h5-11,16,19-20H,4,12H2,1-3H3. The van der Waals surface area contributed by atoms with Crippen molar-refractivity contribution >= 4 is 0 Å². The van der Waals surface area contributed by atoms with Crippen molar-refractivity contribution in [2.45, 2.75) is 38.8 Å². The lowest BCUT2D eigenvalue weighted by Crippen LogP contribution is -2.39. The molecule has 1 aliphatic heterocycles. The van der Waals surface area contributed by atoms with Gasteiger partial charge in [0.05, 0.1) is 13.2 Å². The molecule has 0 radical (unpaired) electrons. The number of fused-ring (bicyclic) bond motifs is 1. The van der Waals surface area contributed by atoms with Gasteiger partial charge in [-0.1, -0.05) is 42.8 Å². The molecule has 2 atom stereocenters. The maximum Gasteiger partial charge on any atom is 0.118 e. The number of aryl methyl sites for hydroxylation is 1. The zero-order chi connectivity index (χ0) is 14.8. The second-order valence-corrected chi connectivity index (χ2v) is 5.88. The zero-order valence-corrected chi connectivity index (χ0v) is 13.0. The first-order valence-corrected chi connectivity index (χ1v) is 7.70. The monoisotopic (exact) mass is 281 g/mol. The first-order chi connectivity index (χ1) is 10.2. The van der Waals surface area contributed by atoms with Gasteiger partial charge in [-0.15, -0.1) is 0 Å². The maximum atomic E-state index is 5.27. The molecular weight excluding hydrogens is 258 g/mol. The van der Waals surface area contributed by atoms with Gasteiger partial charge in [0.1, 0.15) is 5.75 Å². The van der Waals surface area contributed by atoms with E-state index in [2.05, 4.69) is 49.5 Å². The van der Waals surface area contributed by atoms with Crippen LogP contribution in [0.3, 0.4) is 0 Å². The lowest BCUT2D eigenvalue weighted by Gasteiger charge is -2.33. The van der Waals surface area contributed by atoms with E-state index in [1.54, 1.807) is 7.11 Å². The Balaban J connectivity index is 2.01. The third-order valence-electron chi connectivity index (χ3n) is 4.42. The molecule has 0 saturated heterocycles. The highest BCUT2D eigenvalue weighted by molar-refractivity contribution is 5.43. The summed E-state index contributed by atoms with van der Waals surface area (Å²) >= 11 is 0. The van der Waals surface area contributed by atoms with E-state index >= 15 is 0 Å². The summed E-state index contributed by atoms with van der Waals surface area (Å²) in [5.41, 5.74) is 5.53. The van der Waals surface area contributed by atoms with Gasteiger partial charge in [0.2, 0.25) is 0 Å². The average Bonchev–Trinajstić information content (AvgIpc) is 2.54. The third kappa shape index (κ3) is 2.81. The highest BCUT2D eigenvalue weighted by Gasteiger charge is 2.26. The van der Waals surface area contributed by atoms with Crippen molar-refractivity contribution < 1.29 is 4.74 Å². The molecule has 1 heterocycles. The molecule has 110 valence electrons. The van der Waals surface area contributed by atoms with Crippen molar-refractivity contribution in [3.05, 3.63) is 64.7 Å². The molecule has 21 heavy (non-hydrogen) atoms. The van der Waals surface area contributed by atoms with Crippen LogP contribution in [0.15, 0.2) is 42.5 Å². The normalized spacial score (nSPS) is 20.9. The Morgan fingerprint density at radius 2 is 1.90 bits per heavy atom. The van der Waals surface area contributed by atoms with Gasteiger partial charge in [0, 0.05) is 6.04 Å². The average molecular weight is 281 g/mol. The fourth-order valence-electron chi connectivity index (χ4n) is 3.15. The topological polar surface area (TPSA) is 21.3 Å². The second-order valence-electron chi connectivity index (χ2n) is 5.88. The summed E-state index contributed by atoms with van der Waals surface area (Å²) in [6.07, 6.45) is 2.28. The van der Waals surface area contributed by atoms with Crippen LogP contribution in [0.1, 0.15) is 41.6 Å². The quantitative estimate of drug-likeness (QED) is 0.917. The molecule has 2 nitrogen and oxygen atoms in total. The summed E-state index contributed by atoms with van der Waals surface area (Å²) in [5, 5.41) is 3.80. The number of ether oxygens (including phenoxy) is 1. The summed E-state index contributed by atoms with van der Waals surface area (Å²) in [6.45, 7) is 4.42. The van der Waals surface area contributed by atoms with Crippen LogP contribution in [0.4, 0.5) is 0 Å². The highest BCUT2D eigenvalue weighted by Crippen LogP contribution is 2.32. The smallest absolute Gasteiger partial charge is 0.118 e. The third-order valence-corrected chi connectivity index (χ3v) is 4.42. The van der Waals surface area contributed by atoms with E-state index < -0.39 is 0 Å². The number of benzene rings is 2. The molecule has 2 unspecified atom stereocenters. The Hall–Kier alpha value is -1.80. The van der Waals surface area contributed by atoms with Gasteiger partial charge in [-0.2, -0.15) is 0 Å². The molecule has 0 bridgehead atoms. The van der Waals surface area contributed by atoms with Crippen LogP contribution in [0.2, 0.25) is 0 Å². The van der Waals surface area contributed by atoms with Crippen molar-refractivity contribution in [2.24, 2.45) is 0 Å². The van der Waals surface area contributed by atoms with Gasteiger partial charge >= 0.3 is 0 Å². The van der Waals surface area contributed by atoms with Crippen LogP contribution in [0.5, 0.6) is 5.75 Å². The van der Waals surface area contributed by atoms with Crippen molar-refractivity contribution in [1.29, 1.82) is 0 Å².